The van der Waals surface area contributed by atoms with E-state index in [4.69, 9.17) is 14.2 Å². The number of hydrogen-bond acceptors (Lipinski definition) is 10. The Balaban J connectivity index is 1.39. The molecule has 1 aromatic heterocycles. The number of nitrogens with zero attached hydrogens (tertiary/aromatic N) is 5. The van der Waals surface area contributed by atoms with E-state index >= 15 is 0 Å². The number of thiazole rings is 1. The van der Waals surface area contributed by atoms with Gasteiger partial charge in [0.25, 0.3) is 5.91 Å². The molecule has 230 valence electrons. The number of fused-ring (bicyclic) bond motifs is 1. The second kappa shape index (κ2) is 13.4. The lowest BCUT2D eigenvalue weighted by Crippen LogP contribution is -2.50. The highest BCUT2D eigenvalue weighted by atomic mass is 32.2. The van der Waals surface area contributed by atoms with Crippen molar-refractivity contribution in [2.24, 2.45) is 5.10 Å². The summed E-state index contributed by atoms with van der Waals surface area (Å²) in [4.78, 5) is 31.9. The molecule has 14 heteroatoms. The molecule has 3 aromatic carbocycles. The van der Waals surface area contributed by atoms with Crippen LogP contribution in [0.5, 0.6) is 11.5 Å². The fourth-order valence-corrected chi connectivity index (χ4v) is 6.85. The van der Waals surface area contributed by atoms with Crippen molar-refractivity contribution in [3.63, 3.8) is 0 Å². The van der Waals surface area contributed by atoms with Gasteiger partial charge < -0.3 is 19.1 Å². The van der Waals surface area contributed by atoms with Gasteiger partial charge in [-0.25, -0.2) is 18.2 Å². The summed E-state index contributed by atoms with van der Waals surface area (Å²) in [6.07, 6.45) is 1.08. The van der Waals surface area contributed by atoms with Gasteiger partial charge in [0.2, 0.25) is 15.2 Å². The molecule has 0 saturated carbocycles. The topological polar surface area (TPSA) is 131 Å². The van der Waals surface area contributed by atoms with Gasteiger partial charge in [0.05, 0.1) is 42.2 Å². The van der Waals surface area contributed by atoms with Crippen LogP contribution in [0.2, 0.25) is 0 Å². The summed E-state index contributed by atoms with van der Waals surface area (Å²) < 4.78 is 44.3. The quantitative estimate of drug-likeness (QED) is 0.194. The summed E-state index contributed by atoms with van der Waals surface area (Å²) in [6, 6.07) is 18.3. The first-order valence-corrected chi connectivity index (χ1v) is 16.0. The molecule has 1 aliphatic rings. The van der Waals surface area contributed by atoms with Crippen molar-refractivity contribution in [3.8, 4) is 11.5 Å². The summed E-state index contributed by atoms with van der Waals surface area (Å²) in [7, 11) is -0.694. The Hall–Kier alpha value is -4.53. The molecule has 1 saturated heterocycles. The fourth-order valence-electron chi connectivity index (χ4n) is 4.48. The van der Waals surface area contributed by atoms with Crippen molar-refractivity contribution in [2.45, 2.75) is 11.8 Å². The number of amides is 2. The lowest BCUT2D eigenvalue weighted by Gasteiger charge is -2.33. The van der Waals surface area contributed by atoms with Gasteiger partial charge in [-0.3, -0.25) is 4.79 Å². The number of carbonyl (C=O) groups excluding carboxylic acids is 2. The summed E-state index contributed by atoms with van der Waals surface area (Å²) in [5.74, 6) is 0.852. The molecule has 2 amide bonds. The van der Waals surface area contributed by atoms with Crippen LogP contribution >= 0.6 is 11.3 Å². The number of anilines is 1. The highest BCUT2D eigenvalue weighted by Crippen LogP contribution is 2.32. The van der Waals surface area contributed by atoms with E-state index in [1.54, 1.807) is 63.8 Å². The summed E-state index contributed by atoms with van der Waals surface area (Å²) in [5, 5.41) is 6.01. The molecule has 0 unspecified atom stereocenters. The van der Waals surface area contributed by atoms with Crippen LogP contribution in [0.25, 0.3) is 10.2 Å². The van der Waals surface area contributed by atoms with Gasteiger partial charge in [-0.2, -0.15) is 14.4 Å². The highest BCUT2D eigenvalue weighted by molar-refractivity contribution is 7.89. The normalized spacial score (nSPS) is 14.1. The van der Waals surface area contributed by atoms with Crippen LogP contribution in [0.4, 0.5) is 9.93 Å². The number of hydrogen-bond donors (Lipinski definition) is 0. The average molecular weight is 638 g/mol. The smallest absolute Gasteiger partial charge is 0.409 e. The van der Waals surface area contributed by atoms with Gasteiger partial charge in [-0.05, 0) is 79.2 Å². The van der Waals surface area contributed by atoms with Gasteiger partial charge in [-0.15, -0.1) is 0 Å². The van der Waals surface area contributed by atoms with E-state index in [1.807, 2.05) is 6.07 Å². The predicted molar refractivity (Wildman–Crippen MR) is 167 cm³/mol. The molecule has 1 fully saturated rings. The van der Waals surface area contributed by atoms with Crippen molar-refractivity contribution >= 4 is 54.9 Å². The third-order valence-corrected chi connectivity index (χ3v) is 9.81. The number of hydrazone groups is 1. The molecule has 2 heterocycles. The van der Waals surface area contributed by atoms with Gasteiger partial charge in [-0.1, -0.05) is 11.3 Å². The predicted octanol–water partition coefficient (Wildman–Crippen LogP) is 4.46. The Morgan fingerprint density at radius 3 is 2.25 bits per heavy atom. The van der Waals surface area contributed by atoms with Crippen LogP contribution in [-0.2, 0) is 14.8 Å². The van der Waals surface area contributed by atoms with E-state index in [0.717, 1.165) is 10.3 Å². The monoisotopic (exact) mass is 637 g/mol. The first-order valence-electron chi connectivity index (χ1n) is 13.7. The summed E-state index contributed by atoms with van der Waals surface area (Å²) >= 11 is 1.27. The van der Waals surface area contributed by atoms with E-state index in [0.29, 0.717) is 22.1 Å². The zero-order chi connectivity index (χ0) is 31.3. The zero-order valence-electron chi connectivity index (χ0n) is 24.4. The molecule has 0 bridgehead atoms. The summed E-state index contributed by atoms with van der Waals surface area (Å²) in [6.45, 7) is 2.69. The number of ether oxygens (including phenoxy) is 3. The number of benzene rings is 3. The van der Waals surface area contributed by atoms with Crippen molar-refractivity contribution in [1.29, 1.82) is 0 Å². The van der Waals surface area contributed by atoms with Crippen molar-refractivity contribution < 1.29 is 32.2 Å². The number of carbonyl (C=O) groups is 2. The molecule has 0 aliphatic carbocycles. The van der Waals surface area contributed by atoms with E-state index in [9.17, 15) is 18.0 Å². The minimum absolute atomic E-state index is 0.0407. The number of rotatable bonds is 9. The highest BCUT2D eigenvalue weighted by Gasteiger charge is 2.31. The van der Waals surface area contributed by atoms with Crippen LogP contribution in [0.1, 0.15) is 22.8 Å². The van der Waals surface area contributed by atoms with Crippen LogP contribution < -0.4 is 14.5 Å². The third-order valence-electron chi connectivity index (χ3n) is 6.90. The van der Waals surface area contributed by atoms with E-state index in [1.165, 1.54) is 49.8 Å². The van der Waals surface area contributed by atoms with Crippen molar-refractivity contribution in [2.75, 3.05) is 52.0 Å². The van der Waals surface area contributed by atoms with Crippen LogP contribution in [0.15, 0.2) is 76.7 Å². The van der Waals surface area contributed by atoms with Gasteiger partial charge in [0, 0.05) is 31.7 Å². The minimum atomic E-state index is -3.85. The second-order valence-corrected chi connectivity index (χ2v) is 12.5. The number of sulfonamides is 1. The molecule has 44 heavy (non-hydrogen) atoms. The number of piperazine rings is 1. The Morgan fingerprint density at radius 2 is 1.61 bits per heavy atom. The lowest BCUT2D eigenvalue weighted by molar-refractivity contribution is 0.0933. The van der Waals surface area contributed by atoms with E-state index in [2.05, 4.69) is 10.1 Å². The van der Waals surface area contributed by atoms with Crippen LogP contribution in [-0.4, -0.2) is 87.8 Å². The molecule has 4 aromatic rings. The molecule has 0 atom stereocenters. The molecule has 0 radical (unpaired) electrons. The fraction of sp³-hybridized carbons (Fsp3) is 0.267. The maximum absolute atomic E-state index is 13.8. The molecule has 5 rings (SSSR count). The first kappa shape index (κ1) is 30.9. The average Bonchev–Trinajstić information content (AvgIpc) is 3.48. The Kier molecular flexibility index (Phi) is 9.42. The minimum Gasteiger partial charge on any atom is -0.497 e. The van der Waals surface area contributed by atoms with Gasteiger partial charge in [0.15, 0.2) is 0 Å². The molecule has 0 spiro atoms. The standard InChI is InChI=1S/C30H31N5O7S2/c1-4-42-30(37)33-15-17-34(18-16-33)44(38,39)25-12-7-22(8-13-25)28(36)35(31-20-21-5-9-23(40-2)10-6-21)29-32-26-14-11-24(41-3)19-27(26)43-29/h5-14,19-20H,4,15-18H2,1-3H3/b31-20+. The zero-order valence-corrected chi connectivity index (χ0v) is 26.0. The SMILES string of the molecule is CCOC(=O)N1CCN(S(=O)(=O)c2ccc(C(=O)N(/N=C/c3ccc(OC)cc3)c3nc4ccc(OC)cc4s3)cc2)CC1. The van der Waals surface area contributed by atoms with Gasteiger partial charge in [0.1, 0.15) is 11.5 Å². The van der Waals surface area contributed by atoms with E-state index < -0.39 is 22.0 Å². The van der Waals surface area contributed by atoms with Gasteiger partial charge >= 0.3 is 6.09 Å². The molecule has 1 aliphatic heterocycles. The third kappa shape index (κ3) is 6.67. The maximum atomic E-state index is 13.8. The van der Waals surface area contributed by atoms with Crippen LogP contribution in [0.3, 0.4) is 0 Å². The van der Waals surface area contributed by atoms with Crippen LogP contribution in [0, 0.1) is 0 Å². The Labute approximate surface area is 259 Å². The largest absolute Gasteiger partial charge is 0.497 e. The Morgan fingerprint density at radius 1 is 0.955 bits per heavy atom. The van der Waals surface area contributed by atoms with Crippen molar-refractivity contribution in [1.82, 2.24) is 14.2 Å². The maximum Gasteiger partial charge on any atom is 0.409 e. The Bertz CT molecular complexity index is 1770. The lowest BCUT2D eigenvalue weighted by atomic mass is 10.2. The second-order valence-electron chi connectivity index (χ2n) is 9.58. The molecular formula is C30H31N5O7S2. The van der Waals surface area contributed by atoms with E-state index in [-0.39, 0.29) is 43.2 Å². The molecular weight excluding hydrogens is 606 g/mol. The number of methoxy groups -OCH3 is 2. The molecule has 0 N–H and O–H groups in total. The first-order chi connectivity index (χ1) is 21.2. The molecule has 12 nitrogen and oxygen atoms in total. The summed E-state index contributed by atoms with van der Waals surface area (Å²) in [5.41, 5.74) is 1.63. The van der Waals surface area contributed by atoms with Crippen molar-refractivity contribution in [3.05, 3.63) is 77.9 Å². The number of aromatic nitrogens is 1.